The predicted molar refractivity (Wildman–Crippen MR) is 67.2 cm³/mol. The Kier molecular flexibility index (Phi) is 3.60. The average molecular weight is 276 g/mol. The number of rotatable bonds is 3. The van der Waals surface area contributed by atoms with E-state index in [-0.39, 0.29) is 16.8 Å². The van der Waals surface area contributed by atoms with Crippen LogP contribution in [-0.4, -0.2) is 27.1 Å². The third-order valence-corrected chi connectivity index (χ3v) is 2.46. The molecular formula is C13H9FN2O4. The van der Waals surface area contributed by atoms with E-state index in [9.17, 15) is 19.1 Å². The Morgan fingerprint density at radius 3 is 2.50 bits per heavy atom. The van der Waals surface area contributed by atoms with Crippen molar-refractivity contribution in [2.75, 3.05) is 5.32 Å². The largest absolute Gasteiger partial charge is 0.506 e. The number of carbonyl (C=O) groups is 2. The lowest BCUT2D eigenvalue weighted by Gasteiger charge is -2.07. The van der Waals surface area contributed by atoms with E-state index in [1.165, 1.54) is 18.3 Å². The number of nitrogens with one attached hydrogen (secondary N) is 1. The smallest absolute Gasteiger partial charge is 0.335 e. The molecule has 102 valence electrons. The second kappa shape index (κ2) is 5.35. The maximum Gasteiger partial charge on any atom is 0.335 e. The highest BCUT2D eigenvalue weighted by atomic mass is 19.1. The lowest BCUT2D eigenvalue weighted by atomic mass is 10.2. The van der Waals surface area contributed by atoms with Crippen molar-refractivity contribution < 1.29 is 24.2 Å². The molecule has 2 rings (SSSR count). The number of aromatic carboxylic acids is 1. The van der Waals surface area contributed by atoms with Crippen molar-refractivity contribution in [1.29, 1.82) is 0 Å². The van der Waals surface area contributed by atoms with Gasteiger partial charge in [0.25, 0.3) is 5.91 Å². The van der Waals surface area contributed by atoms with Crippen LogP contribution in [0.15, 0.2) is 36.7 Å². The summed E-state index contributed by atoms with van der Waals surface area (Å²) in [7, 11) is 0. The topological polar surface area (TPSA) is 99.5 Å². The first-order chi connectivity index (χ1) is 9.47. The van der Waals surface area contributed by atoms with Gasteiger partial charge < -0.3 is 15.5 Å². The predicted octanol–water partition coefficient (Wildman–Crippen LogP) is 1.88. The summed E-state index contributed by atoms with van der Waals surface area (Å²) >= 11 is 0. The summed E-state index contributed by atoms with van der Waals surface area (Å²) in [6, 6.07) is 4.46. The van der Waals surface area contributed by atoms with Crippen molar-refractivity contribution in [3.05, 3.63) is 53.6 Å². The molecule has 0 aliphatic carbocycles. The number of carboxylic acid groups (broad SMARTS) is 1. The highest BCUT2D eigenvalue weighted by molar-refractivity contribution is 6.05. The highest BCUT2D eigenvalue weighted by Gasteiger charge is 2.12. The molecule has 7 heteroatoms. The van der Waals surface area contributed by atoms with Crippen LogP contribution in [0.2, 0.25) is 0 Å². The van der Waals surface area contributed by atoms with Crippen molar-refractivity contribution in [2.24, 2.45) is 0 Å². The van der Waals surface area contributed by atoms with Crippen LogP contribution in [-0.2, 0) is 0 Å². The quantitative estimate of drug-likeness (QED) is 0.743. The van der Waals surface area contributed by atoms with Gasteiger partial charge in [0.15, 0.2) is 0 Å². The number of nitrogens with zero attached hydrogens (tertiary/aromatic N) is 1. The van der Waals surface area contributed by atoms with Crippen molar-refractivity contribution in [1.82, 2.24) is 4.98 Å². The molecular weight excluding hydrogens is 267 g/mol. The number of hydrogen-bond acceptors (Lipinski definition) is 4. The van der Waals surface area contributed by atoms with Gasteiger partial charge in [0.1, 0.15) is 11.6 Å². The van der Waals surface area contributed by atoms with Gasteiger partial charge in [-0.25, -0.2) is 9.18 Å². The van der Waals surface area contributed by atoms with E-state index < -0.39 is 23.4 Å². The number of hydrogen-bond donors (Lipinski definition) is 3. The van der Waals surface area contributed by atoms with Gasteiger partial charge in [-0.15, -0.1) is 0 Å². The Bertz CT molecular complexity index is 688. The van der Waals surface area contributed by atoms with Crippen LogP contribution in [0.5, 0.6) is 5.75 Å². The molecule has 3 N–H and O–H groups in total. The van der Waals surface area contributed by atoms with Gasteiger partial charge in [0.05, 0.1) is 23.0 Å². The molecule has 20 heavy (non-hydrogen) atoms. The minimum Gasteiger partial charge on any atom is -0.506 e. The molecule has 0 unspecified atom stereocenters. The summed E-state index contributed by atoms with van der Waals surface area (Å²) in [5.41, 5.74) is -0.121. The molecule has 0 aliphatic rings. The van der Waals surface area contributed by atoms with E-state index in [1.54, 1.807) is 0 Å². The summed E-state index contributed by atoms with van der Waals surface area (Å²) in [5, 5.41) is 20.7. The minimum atomic E-state index is -1.20. The number of amides is 1. The molecule has 0 fully saturated rings. The van der Waals surface area contributed by atoms with E-state index in [4.69, 9.17) is 5.11 Å². The Labute approximate surface area is 112 Å². The van der Waals surface area contributed by atoms with Crippen LogP contribution in [0.3, 0.4) is 0 Å². The Hall–Kier alpha value is -2.96. The van der Waals surface area contributed by atoms with Crippen molar-refractivity contribution >= 4 is 17.6 Å². The number of halogens is 1. The first kappa shape index (κ1) is 13.5. The normalized spacial score (nSPS) is 10.1. The van der Waals surface area contributed by atoms with Crippen LogP contribution in [0.4, 0.5) is 10.1 Å². The second-order valence-electron chi connectivity index (χ2n) is 3.88. The van der Waals surface area contributed by atoms with E-state index in [0.717, 1.165) is 18.3 Å². The first-order valence-electron chi connectivity index (χ1n) is 5.45. The molecule has 1 amide bonds. The molecule has 6 nitrogen and oxygen atoms in total. The first-order valence-corrected chi connectivity index (χ1v) is 5.45. The van der Waals surface area contributed by atoms with Gasteiger partial charge in [-0.05, 0) is 24.3 Å². The fourth-order valence-corrected chi connectivity index (χ4v) is 1.50. The third kappa shape index (κ3) is 2.89. The number of aromatic hydroxyl groups is 1. The SMILES string of the molecule is O=C(O)c1ccc(NC(=O)c2cncc(F)c2)c(O)c1. The van der Waals surface area contributed by atoms with Crippen LogP contribution < -0.4 is 5.32 Å². The second-order valence-corrected chi connectivity index (χ2v) is 3.88. The number of carboxylic acids is 1. The number of phenolic OH excluding ortho intramolecular Hbond substituents is 1. The van der Waals surface area contributed by atoms with Crippen LogP contribution in [0.25, 0.3) is 0 Å². The third-order valence-electron chi connectivity index (χ3n) is 2.46. The number of pyridine rings is 1. The zero-order valence-corrected chi connectivity index (χ0v) is 10.0. The van der Waals surface area contributed by atoms with Crippen LogP contribution >= 0.6 is 0 Å². The number of carbonyl (C=O) groups excluding carboxylic acids is 1. The van der Waals surface area contributed by atoms with Gasteiger partial charge in [0, 0.05) is 6.20 Å². The number of benzene rings is 1. The summed E-state index contributed by atoms with van der Waals surface area (Å²) in [4.78, 5) is 26.0. The van der Waals surface area contributed by atoms with E-state index in [2.05, 4.69) is 10.3 Å². The van der Waals surface area contributed by atoms with Gasteiger partial charge in [-0.2, -0.15) is 0 Å². The monoisotopic (exact) mass is 276 g/mol. The molecule has 0 saturated heterocycles. The van der Waals surface area contributed by atoms with Gasteiger partial charge in [-0.1, -0.05) is 0 Å². The number of aromatic nitrogens is 1. The summed E-state index contributed by atoms with van der Waals surface area (Å²) in [5.74, 6) is -2.94. The van der Waals surface area contributed by atoms with Gasteiger partial charge in [0.2, 0.25) is 0 Å². The van der Waals surface area contributed by atoms with E-state index in [0.29, 0.717) is 0 Å². The maximum atomic E-state index is 12.9. The summed E-state index contributed by atoms with van der Waals surface area (Å²) in [6.07, 6.45) is 2.12. The van der Waals surface area contributed by atoms with E-state index in [1.807, 2.05) is 0 Å². The van der Waals surface area contributed by atoms with Crippen molar-refractivity contribution in [3.8, 4) is 5.75 Å². The molecule has 2 aromatic rings. The molecule has 0 spiro atoms. The van der Waals surface area contributed by atoms with Crippen molar-refractivity contribution in [3.63, 3.8) is 0 Å². The van der Waals surface area contributed by atoms with E-state index >= 15 is 0 Å². The van der Waals surface area contributed by atoms with Gasteiger partial charge in [-0.3, -0.25) is 9.78 Å². The minimum absolute atomic E-state index is 0.0178. The Morgan fingerprint density at radius 2 is 1.90 bits per heavy atom. The van der Waals surface area contributed by atoms with Crippen molar-refractivity contribution in [2.45, 2.75) is 0 Å². The zero-order chi connectivity index (χ0) is 14.7. The lowest BCUT2D eigenvalue weighted by molar-refractivity contribution is 0.0696. The fourth-order valence-electron chi connectivity index (χ4n) is 1.50. The average Bonchev–Trinajstić information content (AvgIpc) is 2.40. The maximum absolute atomic E-state index is 12.9. The zero-order valence-electron chi connectivity index (χ0n) is 10.0. The fraction of sp³-hybridized carbons (Fsp3) is 0. The Balaban J connectivity index is 2.22. The molecule has 1 aromatic heterocycles. The Morgan fingerprint density at radius 1 is 1.15 bits per heavy atom. The van der Waals surface area contributed by atoms with Crippen LogP contribution in [0, 0.1) is 5.82 Å². The molecule has 0 saturated carbocycles. The molecule has 0 aliphatic heterocycles. The van der Waals surface area contributed by atoms with Gasteiger partial charge >= 0.3 is 5.97 Å². The molecule has 1 aromatic carbocycles. The number of phenols is 1. The standard InChI is InChI=1S/C13H9FN2O4/c14-9-3-8(5-15-6-9)12(18)16-10-2-1-7(13(19)20)4-11(10)17/h1-6,17H,(H,16,18)(H,19,20). The summed E-state index contributed by atoms with van der Waals surface area (Å²) in [6.45, 7) is 0. The molecule has 0 bridgehead atoms. The van der Waals surface area contributed by atoms with Crippen LogP contribution in [0.1, 0.15) is 20.7 Å². The molecule has 1 heterocycles. The lowest BCUT2D eigenvalue weighted by Crippen LogP contribution is -2.12. The highest BCUT2D eigenvalue weighted by Crippen LogP contribution is 2.24. The molecule has 0 radical (unpaired) electrons. The number of anilines is 1. The molecule has 0 atom stereocenters. The summed E-state index contributed by atoms with van der Waals surface area (Å²) < 4.78 is 12.9.